The van der Waals surface area contributed by atoms with Gasteiger partial charge in [-0.05, 0) is 71.2 Å². The second-order valence-electron chi connectivity index (χ2n) is 8.90. The molecular weight excluding hydrogens is 614 g/mol. The van der Waals surface area contributed by atoms with Crippen LogP contribution < -0.4 is 20.1 Å². The number of anilines is 2. The summed E-state index contributed by atoms with van der Waals surface area (Å²) >= 11 is 11.5. The Morgan fingerprint density at radius 2 is 1.93 bits per heavy atom. The second kappa shape index (κ2) is 12.4. The van der Waals surface area contributed by atoms with E-state index < -0.39 is 6.04 Å². The number of aromatic nitrogens is 3. The number of rotatable bonds is 9. The Labute approximate surface area is 250 Å². The number of para-hydroxylation sites is 1. The molecular formula is C29H27BrClN5O3S. The average molecular weight is 641 g/mol. The van der Waals surface area contributed by atoms with Gasteiger partial charge in [0.15, 0.2) is 11.5 Å². The van der Waals surface area contributed by atoms with Gasteiger partial charge in [-0.15, -0.1) is 5.10 Å². The summed E-state index contributed by atoms with van der Waals surface area (Å²) in [5, 5.41) is 12.4. The molecule has 0 saturated carbocycles. The minimum absolute atomic E-state index is 0.253. The molecule has 0 radical (unpaired) electrons. The van der Waals surface area contributed by atoms with Crippen LogP contribution in [0, 0.1) is 0 Å². The predicted molar refractivity (Wildman–Crippen MR) is 162 cm³/mol. The Bertz CT molecular complexity index is 1580. The molecule has 2 N–H and O–H groups in total. The lowest BCUT2D eigenvalue weighted by Crippen LogP contribution is -2.31. The molecule has 8 nitrogen and oxygen atoms in total. The number of hydrogen-bond donors (Lipinski definition) is 2. The average Bonchev–Trinajstić information content (AvgIpc) is 3.35. The molecule has 1 aromatic heterocycles. The maximum atomic E-state index is 13.8. The second-order valence-corrected chi connectivity index (χ2v) is 11.1. The van der Waals surface area contributed by atoms with Crippen LogP contribution in [0.4, 0.5) is 11.6 Å². The van der Waals surface area contributed by atoms with Crippen molar-refractivity contribution in [3.8, 4) is 11.5 Å². The molecule has 0 bridgehead atoms. The molecule has 0 saturated heterocycles. The lowest BCUT2D eigenvalue weighted by Gasteiger charge is -2.29. The number of amides is 1. The van der Waals surface area contributed by atoms with Crippen LogP contribution in [0.25, 0.3) is 0 Å². The number of hydrogen-bond acceptors (Lipinski definition) is 7. The fourth-order valence-corrected chi connectivity index (χ4v) is 6.14. The van der Waals surface area contributed by atoms with Crippen LogP contribution in [-0.2, 0) is 10.5 Å². The molecule has 1 amide bonds. The number of methoxy groups -OCH3 is 1. The quantitative estimate of drug-likeness (QED) is 0.185. The first-order chi connectivity index (χ1) is 19.4. The van der Waals surface area contributed by atoms with Crippen LogP contribution in [0.5, 0.6) is 11.5 Å². The van der Waals surface area contributed by atoms with Crippen LogP contribution in [-0.4, -0.2) is 34.4 Å². The Hall–Kier alpha value is -3.47. The molecule has 0 fully saturated rings. The molecule has 0 aliphatic carbocycles. The van der Waals surface area contributed by atoms with E-state index in [4.69, 9.17) is 31.2 Å². The van der Waals surface area contributed by atoms with Gasteiger partial charge in [0, 0.05) is 22.2 Å². The minimum atomic E-state index is -0.594. The van der Waals surface area contributed by atoms with Crippen molar-refractivity contribution in [2.75, 3.05) is 24.4 Å². The van der Waals surface area contributed by atoms with Crippen molar-refractivity contribution in [1.29, 1.82) is 0 Å². The number of ether oxygens (including phenoxy) is 2. The normalized spacial score (nSPS) is 14.4. The van der Waals surface area contributed by atoms with Crippen LogP contribution in [0.1, 0.15) is 31.0 Å². The summed E-state index contributed by atoms with van der Waals surface area (Å²) in [5.74, 6) is 2.01. The maximum Gasteiger partial charge on any atom is 0.255 e. The van der Waals surface area contributed by atoms with E-state index in [1.165, 1.54) is 11.8 Å². The standard InChI is InChI=1S/C29H27BrClN5O3S/c1-4-39-26-21(30)14-19(15-23(26)38-3)25-24(27(37)33-20-11-6-5-7-12-20)17(2)32-28-34-29(35-36(25)28)40-16-18-10-8-9-13-22(18)31/h5-15,25H,4,16H2,1-3H3,(H,33,37)(H,32,34,35). The predicted octanol–water partition coefficient (Wildman–Crippen LogP) is 7.32. The highest BCUT2D eigenvalue weighted by molar-refractivity contribution is 9.10. The van der Waals surface area contributed by atoms with E-state index in [1.54, 1.807) is 11.8 Å². The molecule has 40 heavy (non-hydrogen) atoms. The van der Waals surface area contributed by atoms with E-state index >= 15 is 0 Å². The third-order valence-corrected chi connectivity index (χ3v) is 8.12. The number of carbonyl (C=O) groups is 1. The number of nitrogens with one attached hydrogen (secondary N) is 2. The van der Waals surface area contributed by atoms with E-state index in [0.717, 1.165) is 11.1 Å². The van der Waals surface area contributed by atoms with E-state index in [2.05, 4.69) is 26.6 Å². The first kappa shape index (κ1) is 28.1. The minimum Gasteiger partial charge on any atom is -0.493 e. The summed E-state index contributed by atoms with van der Waals surface area (Å²) in [6.07, 6.45) is 0. The molecule has 0 spiro atoms. The molecule has 3 aromatic carbocycles. The van der Waals surface area contributed by atoms with Crippen LogP contribution in [0.3, 0.4) is 0 Å². The van der Waals surface area contributed by atoms with Crippen molar-refractivity contribution in [2.24, 2.45) is 0 Å². The molecule has 11 heteroatoms. The molecule has 2 heterocycles. The van der Waals surface area contributed by atoms with Gasteiger partial charge in [0.2, 0.25) is 11.1 Å². The maximum absolute atomic E-state index is 13.8. The highest BCUT2D eigenvalue weighted by atomic mass is 79.9. The number of benzene rings is 3. The van der Waals surface area contributed by atoms with Gasteiger partial charge in [0.25, 0.3) is 5.91 Å². The van der Waals surface area contributed by atoms with Crippen LogP contribution in [0.2, 0.25) is 5.02 Å². The first-order valence-corrected chi connectivity index (χ1v) is 14.7. The topological polar surface area (TPSA) is 90.3 Å². The highest BCUT2D eigenvalue weighted by Gasteiger charge is 2.35. The molecule has 1 atom stereocenters. The molecule has 1 unspecified atom stereocenters. The van der Waals surface area contributed by atoms with Gasteiger partial charge in [0.05, 0.1) is 23.8 Å². The van der Waals surface area contributed by atoms with Crippen molar-refractivity contribution < 1.29 is 14.3 Å². The molecule has 4 aromatic rings. The fourth-order valence-electron chi connectivity index (χ4n) is 4.45. The van der Waals surface area contributed by atoms with Crippen molar-refractivity contribution >= 4 is 56.8 Å². The van der Waals surface area contributed by atoms with E-state index in [9.17, 15) is 4.79 Å². The molecule has 206 valence electrons. The van der Waals surface area contributed by atoms with Gasteiger partial charge in [-0.25, -0.2) is 4.68 Å². The van der Waals surface area contributed by atoms with E-state index in [0.29, 0.717) is 61.4 Å². The lowest BCUT2D eigenvalue weighted by atomic mass is 9.94. The zero-order valence-corrected chi connectivity index (χ0v) is 25.2. The Morgan fingerprint density at radius 1 is 1.18 bits per heavy atom. The highest BCUT2D eigenvalue weighted by Crippen LogP contribution is 2.43. The smallest absolute Gasteiger partial charge is 0.255 e. The van der Waals surface area contributed by atoms with Gasteiger partial charge < -0.3 is 20.1 Å². The van der Waals surface area contributed by atoms with Gasteiger partial charge in [-0.3, -0.25) is 4.79 Å². The first-order valence-electron chi connectivity index (χ1n) is 12.6. The number of carbonyl (C=O) groups excluding carboxylic acids is 1. The third-order valence-electron chi connectivity index (χ3n) is 6.28. The Morgan fingerprint density at radius 3 is 2.65 bits per heavy atom. The summed E-state index contributed by atoms with van der Waals surface area (Å²) in [6, 6.07) is 20.2. The van der Waals surface area contributed by atoms with Gasteiger partial charge in [-0.2, -0.15) is 4.98 Å². The summed E-state index contributed by atoms with van der Waals surface area (Å²) < 4.78 is 13.9. The van der Waals surface area contributed by atoms with Crippen molar-refractivity contribution in [3.05, 3.63) is 98.6 Å². The number of allylic oxidation sites excluding steroid dienone is 1. The number of fused-ring (bicyclic) bond motifs is 1. The Balaban J connectivity index is 1.56. The largest absolute Gasteiger partial charge is 0.493 e. The summed E-state index contributed by atoms with van der Waals surface area (Å²) in [7, 11) is 1.59. The van der Waals surface area contributed by atoms with E-state index in [1.807, 2.05) is 80.6 Å². The summed E-state index contributed by atoms with van der Waals surface area (Å²) in [4.78, 5) is 18.5. The SMILES string of the molecule is CCOc1c(Br)cc(C2C(C(=O)Nc3ccccc3)=C(C)Nc3nc(SCc4ccccc4Cl)nn32)cc1OC. The summed E-state index contributed by atoms with van der Waals surface area (Å²) in [6.45, 7) is 4.25. The zero-order chi connectivity index (χ0) is 28.2. The van der Waals surface area contributed by atoms with Crippen molar-refractivity contribution in [1.82, 2.24) is 14.8 Å². The number of thioether (sulfide) groups is 1. The van der Waals surface area contributed by atoms with E-state index in [-0.39, 0.29) is 5.91 Å². The molecule has 1 aliphatic heterocycles. The van der Waals surface area contributed by atoms with Gasteiger partial charge in [-0.1, -0.05) is 59.8 Å². The summed E-state index contributed by atoms with van der Waals surface area (Å²) in [5.41, 5.74) is 3.63. The monoisotopic (exact) mass is 639 g/mol. The van der Waals surface area contributed by atoms with Crippen molar-refractivity contribution in [2.45, 2.75) is 30.8 Å². The van der Waals surface area contributed by atoms with Crippen molar-refractivity contribution in [3.63, 3.8) is 0 Å². The lowest BCUT2D eigenvalue weighted by molar-refractivity contribution is -0.113. The number of nitrogens with zero attached hydrogens (tertiary/aromatic N) is 3. The molecule has 5 rings (SSSR count). The Kier molecular flexibility index (Phi) is 8.68. The fraction of sp³-hybridized carbons (Fsp3) is 0.207. The van der Waals surface area contributed by atoms with Crippen LogP contribution in [0.15, 0.2) is 87.6 Å². The van der Waals surface area contributed by atoms with Gasteiger partial charge >= 0.3 is 0 Å². The number of halogens is 2. The van der Waals surface area contributed by atoms with Gasteiger partial charge in [0.1, 0.15) is 6.04 Å². The zero-order valence-electron chi connectivity index (χ0n) is 22.1. The third kappa shape index (κ3) is 5.84. The molecule has 1 aliphatic rings. The van der Waals surface area contributed by atoms with Crippen LogP contribution >= 0.6 is 39.3 Å².